The highest BCUT2D eigenvalue weighted by molar-refractivity contribution is 6.08. The molecule has 0 aliphatic rings. The molecule has 130 valence electrons. The topological polar surface area (TPSA) is 66.0 Å². The van der Waals surface area contributed by atoms with E-state index in [-0.39, 0.29) is 12.4 Å². The van der Waals surface area contributed by atoms with E-state index in [0.717, 1.165) is 41.9 Å². The van der Waals surface area contributed by atoms with Crippen molar-refractivity contribution in [2.24, 2.45) is 0 Å². The van der Waals surface area contributed by atoms with Crippen molar-refractivity contribution in [2.75, 3.05) is 7.11 Å². The number of ether oxygens (including phenoxy) is 1. The largest absolute Gasteiger partial charge is 0.497 e. The lowest BCUT2D eigenvalue weighted by Crippen LogP contribution is -2.00. The highest BCUT2D eigenvalue weighted by Crippen LogP contribution is 2.31. The molecule has 3 aromatic heterocycles. The van der Waals surface area contributed by atoms with Gasteiger partial charge in [0, 0.05) is 35.5 Å². The van der Waals surface area contributed by atoms with Crippen molar-refractivity contribution in [1.29, 1.82) is 0 Å². The van der Waals surface area contributed by atoms with Gasteiger partial charge in [0.2, 0.25) is 5.89 Å². The average molecular weight is 359 g/mol. The standard InChI is InChI=1S/C18H18N4O2.ClH/c1-12-8-15-14-6-5-13(23-2)9-16(14)22(17(15)10-19-12)7-3-4-18-20-11-21-24-18;/h5-6,8-11H,3-4,7H2,1-2H3;1H. The number of pyridine rings is 1. The Morgan fingerprint density at radius 2 is 2.00 bits per heavy atom. The number of hydrogen-bond donors (Lipinski definition) is 0. The summed E-state index contributed by atoms with van der Waals surface area (Å²) in [6.45, 7) is 2.86. The molecule has 1 aromatic carbocycles. The molecule has 0 spiro atoms. The van der Waals surface area contributed by atoms with Gasteiger partial charge in [0.25, 0.3) is 0 Å². The fourth-order valence-electron chi connectivity index (χ4n) is 3.14. The number of rotatable bonds is 5. The van der Waals surface area contributed by atoms with E-state index in [1.807, 2.05) is 19.2 Å². The smallest absolute Gasteiger partial charge is 0.226 e. The molecule has 0 saturated heterocycles. The second-order valence-corrected chi connectivity index (χ2v) is 5.82. The van der Waals surface area contributed by atoms with Crippen molar-refractivity contribution in [3.8, 4) is 5.75 Å². The zero-order valence-electron chi connectivity index (χ0n) is 14.1. The highest BCUT2D eigenvalue weighted by Gasteiger charge is 2.12. The van der Waals surface area contributed by atoms with Crippen LogP contribution in [0, 0.1) is 6.92 Å². The molecule has 0 radical (unpaired) electrons. The summed E-state index contributed by atoms with van der Waals surface area (Å²) in [4.78, 5) is 8.55. The van der Waals surface area contributed by atoms with Crippen molar-refractivity contribution in [3.63, 3.8) is 0 Å². The van der Waals surface area contributed by atoms with Crippen LogP contribution in [0.15, 0.2) is 41.3 Å². The maximum Gasteiger partial charge on any atom is 0.226 e. The van der Waals surface area contributed by atoms with Gasteiger partial charge >= 0.3 is 0 Å². The van der Waals surface area contributed by atoms with Crippen LogP contribution in [-0.2, 0) is 13.0 Å². The summed E-state index contributed by atoms with van der Waals surface area (Å²) in [5.41, 5.74) is 3.31. The predicted molar refractivity (Wildman–Crippen MR) is 98.4 cm³/mol. The van der Waals surface area contributed by atoms with Gasteiger partial charge in [0.1, 0.15) is 5.75 Å². The maximum atomic E-state index is 5.40. The van der Waals surface area contributed by atoms with E-state index in [2.05, 4.69) is 37.9 Å². The lowest BCUT2D eigenvalue weighted by Gasteiger charge is -2.07. The molecular formula is C18H19ClN4O2. The summed E-state index contributed by atoms with van der Waals surface area (Å²) in [6, 6.07) is 8.33. The molecule has 0 unspecified atom stereocenters. The highest BCUT2D eigenvalue weighted by atomic mass is 35.5. The molecule has 4 rings (SSSR count). The van der Waals surface area contributed by atoms with Crippen LogP contribution in [0.3, 0.4) is 0 Å². The van der Waals surface area contributed by atoms with Crippen LogP contribution in [-0.4, -0.2) is 26.8 Å². The van der Waals surface area contributed by atoms with Crippen LogP contribution in [0.2, 0.25) is 0 Å². The number of methoxy groups -OCH3 is 1. The second-order valence-electron chi connectivity index (χ2n) is 5.82. The minimum Gasteiger partial charge on any atom is -0.497 e. The van der Waals surface area contributed by atoms with Crippen molar-refractivity contribution in [1.82, 2.24) is 19.7 Å². The molecule has 4 aromatic rings. The molecule has 0 N–H and O–H groups in total. The Labute approximate surface area is 151 Å². The van der Waals surface area contributed by atoms with Crippen LogP contribution >= 0.6 is 12.4 Å². The van der Waals surface area contributed by atoms with Crippen molar-refractivity contribution in [3.05, 3.63) is 48.4 Å². The third-order valence-corrected chi connectivity index (χ3v) is 4.28. The van der Waals surface area contributed by atoms with Crippen LogP contribution in [0.4, 0.5) is 0 Å². The quantitative estimate of drug-likeness (QED) is 0.540. The first-order valence-corrected chi connectivity index (χ1v) is 7.94. The van der Waals surface area contributed by atoms with Crippen molar-refractivity contribution < 1.29 is 9.26 Å². The Bertz CT molecular complexity index is 995. The number of aromatic nitrogens is 4. The van der Waals surface area contributed by atoms with Gasteiger partial charge in [-0.1, -0.05) is 5.16 Å². The zero-order chi connectivity index (χ0) is 16.5. The minimum absolute atomic E-state index is 0. The molecule has 0 atom stereocenters. The maximum absolute atomic E-state index is 5.40. The summed E-state index contributed by atoms with van der Waals surface area (Å²) in [5, 5.41) is 6.09. The summed E-state index contributed by atoms with van der Waals surface area (Å²) >= 11 is 0. The first-order valence-electron chi connectivity index (χ1n) is 7.94. The summed E-state index contributed by atoms with van der Waals surface area (Å²) in [7, 11) is 1.69. The second kappa shape index (κ2) is 7.11. The van der Waals surface area contributed by atoms with Gasteiger partial charge in [-0.2, -0.15) is 4.98 Å². The monoisotopic (exact) mass is 358 g/mol. The third-order valence-electron chi connectivity index (χ3n) is 4.28. The normalized spacial score (nSPS) is 11.0. The van der Waals surface area contributed by atoms with Gasteiger partial charge in [-0.3, -0.25) is 4.98 Å². The molecule has 0 aliphatic heterocycles. The fourth-order valence-corrected chi connectivity index (χ4v) is 3.14. The van der Waals surface area contributed by atoms with E-state index < -0.39 is 0 Å². The van der Waals surface area contributed by atoms with Gasteiger partial charge in [-0.15, -0.1) is 12.4 Å². The van der Waals surface area contributed by atoms with E-state index in [1.54, 1.807) is 7.11 Å². The SMILES string of the molecule is COc1ccc2c3cc(C)ncc3n(CCCc3ncno3)c2c1.Cl. The van der Waals surface area contributed by atoms with Crippen LogP contribution in [0.5, 0.6) is 5.75 Å². The molecule has 0 saturated carbocycles. The minimum atomic E-state index is 0. The van der Waals surface area contributed by atoms with Gasteiger partial charge in [-0.25, -0.2) is 0 Å². The van der Waals surface area contributed by atoms with E-state index in [9.17, 15) is 0 Å². The van der Waals surface area contributed by atoms with E-state index in [4.69, 9.17) is 9.26 Å². The number of fused-ring (bicyclic) bond motifs is 3. The van der Waals surface area contributed by atoms with Gasteiger partial charge in [0.05, 0.1) is 24.3 Å². The molecule has 0 bridgehead atoms. The van der Waals surface area contributed by atoms with E-state index in [1.165, 1.54) is 17.1 Å². The molecule has 0 aliphatic carbocycles. The first-order chi connectivity index (χ1) is 11.8. The van der Waals surface area contributed by atoms with Crippen molar-refractivity contribution >= 4 is 34.2 Å². The molecule has 6 nitrogen and oxygen atoms in total. The lowest BCUT2D eigenvalue weighted by atomic mass is 10.1. The van der Waals surface area contributed by atoms with Crippen LogP contribution in [0.25, 0.3) is 21.8 Å². The van der Waals surface area contributed by atoms with Gasteiger partial charge in [0.15, 0.2) is 6.33 Å². The Morgan fingerprint density at radius 1 is 1.12 bits per heavy atom. The zero-order valence-corrected chi connectivity index (χ0v) is 14.9. The average Bonchev–Trinajstić information content (AvgIpc) is 3.21. The molecule has 25 heavy (non-hydrogen) atoms. The molecule has 7 heteroatoms. The number of benzene rings is 1. The Morgan fingerprint density at radius 3 is 2.76 bits per heavy atom. The molecule has 0 fully saturated rings. The van der Waals surface area contributed by atoms with Gasteiger partial charge < -0.3 is 13.8 Å². The Kier molecular flexibility index (Phi) is 4.90. The lowest BCUT2D eigenvalue weighted by molar-refractivity contribution is 0.372. The summed E-state index contributed by atoms with van der Waals surface area (Å²) in [6.07, 6.45) is 5.05. The first kappa shape index (κ1) is 17.2. The number of halogens is 1. The van der Waals surface area contributed by atoms with Gasteiger partial charge in [-0.05, 0) is 31.5 Å². The number of hydrogen-bond acceptors (Lipinski definition) is 5. The number of nitrogens with zero attached hydrogens (tertiary/aromatic N) is 4. The van der Waals surface area contributed by atoms with Crippen molar-refractivity contribution in [2.45, 2.75) is 26.3 Å². The molecular weight excluding hydrogens is 340 g/mol. The Hall–Kier alpha value is -2.60. The summed E-state index contributed by atoms with van der Waals surface area (Å²) in [5.74, 6) is 1.52. The van der Waals surface area contributed by atoms with E-state index in [0.29, 0.717) is 5.89 Å². The van der Waals surface area contributed by atoms with Crippen LogP contribution in [0.1, 0.15) is 18.0 Å². The third kappa shape index (κ3) is 3.17. The summed E-state index contributed by atoms with van der Waals surface area (Å²) < 4.78 is 12.8. The van der Waals surface area contributed by atoms with Crippen LogP contribution < -0.4 is 4.74 Å². The molecule has 0 amide bonds. The Balaban J connectivity index is 0.00000182. The molecule has 3 heterocycles. The fraction of sp³-hybridized carbons (Fsp3) is 0.278. The number of aryl methyl sites for hydroxylation is 3. The van der Waals surface area contributed by atoms with E-state index >= 15 is 0 Å². The predicted octanol–water partition coefficient (Wildman–Crippen LogP) is 3.94.